The summed E-state index contributed by atoms with van der Waals surface area (Å²) < 4.78 is 110. The maximum Gasteiger partial charge on any atom is 0.501 e. The highest BCUT2D eigenvalue weighted by Gasteiger charge is 2.54. The van der Waals surface area contributed by atoms with Crippen molar-refractivity contribution in [2.45, 2.75) is 28.8 Å². The van der Waals surface area contributed by atoms with E-state index in [1.807, 2.05) is 0 Å². The highest BCUT2D eigenvalue weighted by molar-refractivity contribution is 7.92. The normalized spacial score (nSPS) is 18.2. The van der Waals surface area contributed by atoms with Crippen molar-refractivity contribution in [2.24, 2.45) is 5.73 Å². The van der Waals surface area contributed by atoms with Crippen LogP contribution in [0, 0.1) is 12.4 Å². The molecule has 2 aromatic rings. The summed E-state index contributed by atoms with van der Waals surface area (Å²) in [7, 11) is -5.96. The molecule has 0 radical (unpaired) electrons. The molecule has 1 aliphatic carbocycles. The van der Waals surface area contributed by atoms with Crippen molar-refractivity contribution in [1.29, 1.82) is 0 Å². The maximum absolute atomic E-state index is 14.1. The lowest BCUT2D eigenvalue weighted by atomic mass is 10.1. The van der Waals surface area contributed by atoms with Gasteiger partial charge in [0.2, 0.25) is 0 Å². The van der Waals surface area contributed by atoms with Crippen LogP contribution in [0.25, 0.3) is 4.85 Å². The molecule has 1 aliphatic rings. The van der Waals surface area contributed by atoms with Gasteiger partial charge in [0.15, 0.2) is 5.69 Å². The Morgan fingerprint density at radius 1 is 1.21 bits per heavy atom. The number of nitrogens with two attached hydrogens (primary N) is 1. The average molecular weight is 436 g/mol. The van der Waals surface area contributed by atoms with Crippen LogP contribution in [-0.2, 0) is 16.3 Å². The number of halogens is 6. The van der Waals surface area contributed by atoms with Crippen LogP contribution in [0.4, 0.5) is 32.0 Å². The number of ether oxygens (including phenoxy) is 1. The SMILES string of the molecule is [C-]#[N+]c1cc(F)cc(Oc2ccc(S(=O)(=O)C(F)(F)F)c3c2CC(F)(F)[C@H]3N)c1. The predicted octanol–water partition coefficient (Wildman–Crippen LogP) is 4.65. The second kappa shape index (κ2) is 6.64. The van der Waals surface area contributed by atoms with E-state index >= 15 is 0 Å². The fourth-order valence-electron chi connectivity index (χ4n) is 2.96. The molecule has 0 spiro atoms. The molecule has 0 saturated carbocycles. The van der Waals surface area contributed by atoms with Gasteiger partial charge in [-0.15, -0.1) is 0 Å². The quantitative estimate of drug-likeness (QED) is 0.562. The minimum Gasteiger partial charge on any atom is -0.458 e. The van der Waals surface area contributed by atoms with E-state index in [1.165, 1.54) is 0 Å². The van der Waals surface area contributed by atoms with Crippen molar-refractivity contribution in [3.63, 3.8) is 0 Å². The molecule has 0 aliphatic heterocycles. The Hall–Kier alpha value is -2.78. The van der Waals surface area contributed by atoms with Gasteiger partial charge in [-0.2, -0.15) is 13.2 Å². The van der Waals surface area contributed by atoms with Gasteiger partial charge >= 0.3 is 5.51 Å². The lowest BCUT2D eigenvalue weighted by Crippen LogP contribution is -2.31. The molecule has 0 fully saturated rings. The van der Waals surface area contributed by atoms with Gasteiger partial charge in [0.25, 0.3) is 15.8 Å². The van der Waals surface area contributed by atoms with Crippen molar-refractivity contribution in [3.8, 4) is 11.5 Å². The Bertz CT molecular complexity index is 1140. The predicted molar refractivity (Wildman–Crippen MR) is 88.0 cm³/mol. The number of rotatable bonds is 3. The zero-order chi connectivity index (χ0) is 21.8. The third-order valence-electron chi connectivity index (χ3n) is 4.26. The molecule has 1 atom stereocenters. The molecule has 2 aromatic carbocycles. The van der Waals surface area contributed by atoms with Gasteiger partial charge in [0.05, 0.1) is 17.5 Å². The minimum absolute atomic E-state index is 0.171. The van der Waals surface area contributed by atoms with Gasteiger partial charge in [-0.3, -0.25) is 0 Å². The van der Waals surface area contributed by atoms with Gasteiger partial charge in [-0.1, -0.05) is 0 Å². The first-order valence-electron chi connectivity index (χ1n) is 7.74. The van der Waals surface area contributed by atoms with Crippen molar-refractivity contribution < 1.29 is 39.5 Å². The van der Waals surface area contributed by atoms with Gasteiger partial charge in [-0.05, 0) is 24.3 Å². The molecule has 0 bridgehead atoms. The van der Waals surface area contributed by atoms with Crippen molar-refractivity contribution >= 4 is 15.5 Å². The van der Waals surface area contributed by atoms with E-state index in [0.29, 0.717) is 6.07 Å². The van der Waals surface area contributed by atoms with E-state index in [2.05, 4.69) is 4.85 Å². The summed E-state index contributed by atoms with van der Waals surface area (Å²) in [6.07, 6.45) is -1.18. The number of benzene rings is 2. The molecule has 29 heavy (non-hydrogen) atoms. The highest BCUT2D eigenvalue weighted by Crippen LogP contribution is 2.50. The van der Waals surface area contributed by atoms with Gasteiger partial charge in [0.1, 0.15) is 17.3 Å². The van der Waals surface area contributed by atoms with Crippen molar-refractivity contribution in [2.75, 3.05) is 0 Å². The third-order valence-corrected chi connectivity index (χ3v) is 5.80. The van der Waals surface area contributed by atoms with E-state index < -0.39 is 61.3 Å². The molecule has 12 heteroatoms. The Morgan fingerprint density at radius 3 is 2.45 bits per heavy atom. The van der Waals surface area contributed by atoms with Crippen LogP contribution in [0.3, 0.4) is 0 Å². The summed E-state index contributed by atoms with van der Waals surface area (Å²) in [4.78, 5) is 1.61. The molecule has 3 rings (SSSR count). The van der Waals surface area contributed by atoms with Crippen LogP contribution in [0.1, 0.15) is 17.2 Å². The zero-order valence-electron chi connectivity index (χ0n) is 14.1. The van der Waals surface area contributed by atoms with Crippen LogP contribution in [0.15, 0.2) is 35.2 Å². The number of nitrogens with zero attached hydrogens (tertiary/aromatic N) is 1. The van der Waals surface area contributed by atoms with E-state index in [9.17, 15) is 34.8 Å². The standard InChI is InChI=1S/C17H10F6N2O3S/c1-25-9-4-8(18)5-10(6-9)28-12-2-3-13(29(26,27)17(21,22)23)14-11(12)7-16(19,20)15(14)24/h2-6,15H,7,24H2/t15-/m0/s1. The number of hydrogen-bond acceptors (Lipinski definition) is 4. The summed E-state index contributed by atoms with van der Waals surface area (Å²) in [6.45, 7) is 6.89. The molecule has 5 nitrogen and oxygen atoms in total. The fraction of sp³-hybridized carbons (Fsp3) is 0.235. The number of alkyl halides is 5. The molecule has 154 valence electrons. The van der Waals surface area contributed by atoms with Crippen molar-refractivity contribution in [3.05, 3.63) is 58.7 Å². The second-order valence-electron chi connectivity index (χ2n) is 6.18. The van der Waals surface area contributed by atoms with Crippen LogP contribution in [0.5, 0.6) is 11.5 Å². The number of hydrogen-bond donors (Lipinski definition) is 1. The molecule has 0 heterocycles. The average Bonchev–Trinajstić information content (AvgIpc) is 2.84. The smallest absolute Gasteiger partial charge is 0.458 e. The maximum atomic E-state index is 14.1. The first-order valence-corrected chi connectivity index (χ1v) is 9.22. The Morgan fingerprint density at radius 2 is 1.86 bits per heavy atom. The molecule has 0 unspecified atom stereocenters. The molecular formula is C17H10F6N2O3S. The summed E-state index contributed by atoms with van der Waals surface area (Å²) in [5.41, 5.74) is -1.99. The van der Waals surface area contributed by atoms with E-state index in [4.69, 9.17) is 17.0 Å². The van der Waals surface area contributed by atoms with Crippen LogP contribution in [-0.4, -0.2) is 19.8 Å². The summed E-state index contributed by atoms with van der Waals surface area (Å²) >= 11 is 0. The first-order chi connectivity index (χ1) is 13.3. The Labute approximate surface area is 160 Å². The third kappa shape index (κ3) is 3.51. The van der Waals surface area contributed by atoms with Crippen LogP contribution >= 0.6 is 0 Å². The molecule has 2 N–H and O–H groups in total. The lowest BCUT2D eigenvalue weighted by molar-refractivity contribution is -0.0439. The minimum atomic E-state index is -5.96. The summed E-state index contributed by atoms with van der Waals surface area (Å²) in [5.74, 6) is -5.31. The largest absolute Gasteiger partial charge is 0.501 e. The zero-order valence-corrected chi connectivity index (χ0v) is 14.9. The molecular weight excluding hydrogens is 426 g/mol. The van der Waals surface area contributed by atoms with E-state index in [1.54, 1.807) is 0 Å². The van der Waals surface area contributed by atoms with Gasteiger partial charge in [0, 0.05) is 23.6 Å². The fourth-order valence-corrected chi connectivity index (χ4v) is 3.99. The Kier molecular flexibility index (Phi) is 4.79. The highest BCUT2D eigenvalue weighted by atomic mass is 32.2. The number of sulfone groups is 1. The number of fused-ring (bicyclic) bond motifs is 1. The Balaban J connectivity index is 2.19. The van der Waals surface area contributed by atoms with Gasteiger partial charge < -0.3 is 10.5 Å². The van der Waals surface area contributed by atoms with E-state index in [0.717, 1.165) is 24.3 Å². The summed E-state index contributed by atoms with van der Waals surface area (Å²) in [6, 6.07) is 1.69. The van der Waals surface area contributed by atoms with Gasteiger partial charge in [-0.25, -0.2) is 26.4 Å². The lowest BCUT2D eigenvalue weighted by Gasteiger charge is -2.18. The van der Waals surface area contributed by atoms with Crippen LogP contribution < -0.4 is 10.5 Å². The molecule has 0 amide bonds. The second-order valence-corrected chi connectivity index (χ2v) is 8.09. The molecule has 0 saturated heterocycles. The van der Waals surface area contributed by atoms with Crippen LogP contribution in [0.2, 0.25) is 0 Å². The molecule has 0 aromatic heterocycles. The first kappa shape index (κ1) is 20.9. The topological polar surface area (TPSA) is 73.8 Å². The summed E-state index contributed by atoms with van der Waals surface area (Å²) in [5, 5.41) is 0. The van der Waals surface area contributed by atoms with E-state index in [-0.39, 0.29) is 11.4 Å². The van der Waals surface area contributed by atoms with Crippen molar-refractivity contribution in [1.82, 2.24) is 0 Å². The monoisotopic (exact) mass is 436 g/mol.